The van der Waals surface area contributed by atoms with Crippen LogP contribution in [0.1, 0.15) is 45.4 Å². The molecule has 1 atom stereocenters. The van der Waals surface area contributed by atoms with Crippen molar-refractivity contribution >= 4 is 11.6 Å². The Morgan fingerprint density at radius 3 is 2.66 bits per heavy atom. The smallest absolute Gasteiger partial charge is 0.227 e. The molecule has 3 aromatic rings. The Labute approximate surface area is 238 Å². The van der Waals surface area contributed by atoms with E-state index in [4.69, 9.17) is 18.8 Å². The van der Waals surface area contributed by atoms with E-state index >= 15 is 0 Å². The topological polar surface area (TPSA) is 102 Å². The zero-order valence-electron chi connectivity index (χ0n) is 23.7. The van der Waals surface area contributed by atoms with Crippen molar-refractivity contribution < 1.29 is 27.7 Å². The number of halogens is 2. The van der Waals surface area contributed by atoms with E-state index in [-0.39, 0.29) is 24.2 Å². The molecule has 2 aromatic heterocycles. The van der Waals surface area contributed by atoms with Crippen molar-refractivity contribution in [2.45, 2.75) is 52.2 Å². The summed E-state index contributed by atoms with van der Waals surface area (Å²) < 4.78 is 44.5. The van der Waals surface area contributed by atoms with Crippen LogP contribution in [0.3, 0.4) is 0 Å². The van der Waals surface area contributed by atoms with Crippen molar-refractivity contribution in [1.29, 1.82) is 0 Å². The molecular formula is C28H37F2N7O4. The van der Waals surface area contributed by atoms with E-state index in [1.54, 1.807) is 24.5 Å². The highest BCUT2D eigenvalue weighted by molar-refractivity contribution is 5.53. The Morgan fingerprint density at radius 1 is 1.15 bits per heavy atom. The molecule has 0 amide bonds. The average Bonchev–Trinajstić information content (AvgIpc) is 3.58. The Hall–Kier alpha value is -3.42. The summed E-state index contributed by atoms with van der Waals surface area (Å²) in [5, 5.41) is 4.22. The molecule has 1 unspecified atom stereocenters. The number of aromatic nitrogens is 4. The van der Waals surface area contributed by atoms with Crippen molar-refractivity contribution in [3.8, 4) is 17.1 Å². The Morgan fingerprint density at radius 2 is 1.93 bits per heavy atom. The number of methoxy groups -OCH3 is 1. The van der Waals surface area contributed by atoms with Gasteiger partial charge < -0.3 is 23.8 Å². The molecule has 0 bridgehead atoms. The van der Waals surface area contributed by atoms with Crippen LogP contribution in [0.2, 0.25) is 0 Å². The van der Waals surface area contributed by atoms with Gasteiger partial charge in [0.25, 0.3) is 0 Å². The van der Waals surface area contributed by atoms with Gasteiger partial charge in [0.15, 0.2) is 6.23 Å². The first kappa shape index (κ1) is 29.1. The van der Waals surface area contributed by atoms with Gasteiger partial charge in [-0.1, -0.05) is 19.0 Å². The molecule has 2 aliphatic heterocycles. The second-order valence-electron chi connectivity index (χ2n) is 10.9. The fraction of sp³-hybridized carbons (Fsp3) is 0.571. The second-order valence-corrected chi connectivity index (χ2v) is 10.9. The van der Waals surface area contributed by atoms with Crippen LogP contribution >= 0.6 is 0 Å². The monoisotopic (exact) mass is 573 g/mol. The van der Waals surface area contributed by atoms with Gasteiger partial charge >= 0.3 is 0 Å². The quantitative estimate of drug-likeness (QED) is 0.220. The highest BCUT2D eigenvalue weighted by Crippen LogP contribution is 2.31. The molecule has 0 aliphatic carbocycles. The van der Waals surface area contributed by atoms with Crippen LogP contribution in [0.25, 0.3) is 11.4 Å². The van der Waals surface area contributed by atoms with Gasteiger partial charge in [0.1, 0.15) is 18.2 Å². The molecule has 4 heterocycles. The highest BCUT2D eigenvalue weighted by atomic mass is 19.2. The van der Waals surface area contributed by atoms with Crippen molar-refractivity contribution in [3.63, 3.8) is 0 Å². The van der Waals surface area contributed by atoms with E-state index in [2.05, 4.69) is 38.9 Å². The van der Waals surface area contributed by atoms with E-state index in [1.807, 2.05) is 0 Å². The maximum absolute atomic E-state index is 14.5. The number of benzene rings is 1. The van der Waals surface area contributed by atoms with Crippen LogP contribution < -0.4 is 14.5 Å². The lowest BCUT2D eigenvalue weighted by molar-refractivity contribution is -0.268. The summed E-state index contributed by atoms with van der Waals surface area (Å²) in [7, 11) is 1.48. The molecule has 0 radical (unpaired) electrons. The summed E-state index contributed by atoms with van der Waals surface area (Å²) >= 11 is 0. The Balaban J connectivity index is 1.05. The normalized spacial score (nSPS) is 18.5. The second kappa shape index (κ2) is 13.5. The van der Waals surface area contributed by atoms with Crippen LogP contribution in [0.15, 0.2) is 35.1 Å². The predicted octanol–water partition coefficient (Wildman–Crippen LogP) is 4.81. The number of piperidine rings is 1. The van der Waals surface area contributed by atoms with Crippen molar-refractivity contribution in [2.24, 2.45) is 11.8 Å². The van der Waals surface area contributed by atoms with E-state index in [1.165, 1.54) is 18.1 Å². The third-order valence-corrected chi connectivity index (χ3v) is 7.25. The van der Waals surface area contributed by atoms with Crippen molar-refractivity contribution in [2.75, 3.05) is 49.9 Å². The number of anilines is 2. The minimum absolute atomic E-state index is 0.0980. The lowest BCUT2D eigenvalue weighted by Crippen LogP contribution is -2.35. The van der Waals surface area contributed by atoms with Crippen LogP contribution in [-0.2, 0) is 16.0 Å². The number of ether oxygens (including phenoxy) is 2. The van der Waals surface area contributed by atoms with Gasteiger partial charge in [-0.15, -0.1) is 4.48 Å². The number of hydrogen-bond acceptors (Lipinski definition) is 11. The van der Waals surface area contributed by atoms with Gasteiger partial charge in [-0.05, 0) is 49.7 Å². The zero-order chi connectivity index (χ0) is 28.8. The SMILES string of the molecule is COCC1ON(F)CN1c1cc(OCCCC2CCN(c3ncc(-c4noc(CC(C)C)n4)cn3)CC2)ccc1F. The van der Waals surface area contributed by atoms with Gasteiger partial charge in [-0.2, -0.15) is 4.98 Å². The maximum atomic E-state index is 14.5. The molecule has 0 spiro atoms. The van der Waals surface area contributed by atoms with Gasteiger partial charge in [0.05, 0.1) is 24.5 Å². The molecular weight excluding hydrogens is 536 g/mol. The molecule has 1 aromatic carbocycles. The molecule has 11 nitrogen and oxygen atoms in total. The lowest BCUT2D eigenvalue weighted by atomic mass is 9.92. The number of hydroxylamine groups is 1. The minimum Gasteiger partial charge on any atom is -0.494 e. The standard InChI is InChI=1S/C28H37F2N7O4/c1-19(2)13-25-33-27(34-40-25)21-15-31-28(32-16-21)35-10-8-20(9-11-35)5-4-12-39-22-6-7-23(29)24(14-22)36-18-37(30)41-26(36)17-38-3/h6-7,14-16,19-20,26H,4-5,8-13,17-18H2,1-3H3. The third-order valence-electron chi connectivity index (χ3n) is 7.25. The molecule has 2 aliphatic rings. The first-order valence-electron chi connectivity index (χ1n) is 14.1. The van der Waals surface area contributed by atoms with Crippen LogP contribution in [-0.4, -0.2) is 71.7 Å². The van der Waals surface area contributed by atoms with E-state index < -0.39 is 12.0 Å². The fourth-order valence-corrected chi connectivity index (χ4v) is 5.12. The highest BCUT2D eigenvalue weighted by Gasteiger charge is 2.34. The van der Waals surface area contributed by atoms with Crippen LogP contribution in [0.4, 0.5) is 20.5 Å². The van der Waals surface area contributed by atoms with Crippen molar-refractivity contribution in [1.82, 2.24) is 25.4 Å². The first-order chi connectivity index (χ1) is 19.9. The Kier molecular flexibility index (Phi) is 9.57. The summed E-state index contributed by atoms with van der Waals surface area (Å²) in [6.07, 6.45) is 7.49. The van der Waals surface area contributed by atoms with Gasteiger partial charge in [0.2, 0.25) is 17.7 Å². The summed E-state index contributed by atoms with van der Waals surface area (Å²) in [5.74, 6) is 2.92. The number of hydrogen-bond donors (Lipinski definition) is 0. The molecule has 2 saturated heterocycles. The molecule has 5 rings (SSSR count). The molecule has 41 heavy (non-hydrogen) atoms. The summed E-state index contributed by atoms with van der Waals surface area (Å²) in [5.41, 5.74) is 0.948. The minimum atomic E-state index is -0.753. The fourth-order valence-electron chi connectivity index (χ4n) is 5.12. The molecule has 0 N–H and O–H groups in total. The lowest BCUT2D eigenvalue weighted by Gasteiger charge is -2.32. The molecule has 222 valence electrons. The number of rotatable bonds is 12. The largest absolute Gasteiger partial charge is 0.494 e. The van der Waals surface area contributed by atoms with Crippen LogP contribution in [0.5, 0.6) is 5.75 Å². The third kappa shape index (κ3) is 7.46. The Bertz CT molecular complexity index is 1250. The molecule has 13 heteroatoms. The van der Waals surface area contributed by atoms with Gasteiger partial charge in [-0.25, -0.2) is 19.2 Å². The number of nitrogens with zero attached hydrogens (tertiary/aromatic N) is 7. The van der Waals surface area contributed by atoms with Gasteiger partial charge in [-0.3, -0.25) is 0 Å². The average molecular weight is 574 g/mol. The van der Waals surface area contributed by atoms with E-state index in [9.17, 15) is 8.87 Å². The van der Waals surface area contributed by atoms with E-state index in [0.717, 1.165) is 50.8 Å². The zero-order valence-corrected chi connectivity index (χ0v) is 23.7. The van der Waals surface area contributed by atoms with Gasteiger partial charge in [0, 0.05) is 50.4 Å². The van der Waals surface area contributed by atoms with E-state index in [0.29, 0.717) is 41.9 Å². The maximum Gasteiger partial charge on any atom is 0.227 e. The predicted molar refractivity (Wildman–Crippen MR) is 147 cm³/mol. The first-order valence-corrected chi connectivity index (χ1v) is 14.1. The van der Waals surface area contributed by atoms with Crippen LogP contribution in [0, 0.1) is 17.7 Å². The molecule has 2 fully saturated rings. The van der Waals surface area contributed by atoms with Crippen molar-refractivity contribution in [3.05, 3.63) is 42.3 Å². The molecule has 0 saturated carbocycles. The summed E-state index contributed by atoms with van der Waals surface area (Å²) in [4.78, 5) is 22.2. The summed E-state index contributed by atoms with van der Waals surface area (Å²) in [6, 6.07) is 4.49. The summed E-state index contributed by atoms with van der Waals surface area (Å²) in [6.45, 7) is 6.38.